The van der Waals surface area contributed by atoms with E-state index in [9.17, 15) is 59.8 Å². The summed E-state index contributed by atoms with van der Waals surface area (Å²) in [6, 6.07) is 39.6. The number of halogens is 9. The van der Waals surface area contributed by atoms with Crippen LogP contribution in [0.25, 0.3) is 116 Å². The maximum atomic E-state index is 13.4. The van der Waals surface area contributed by atoms with E-state index >= 15 is 0 Å². The number of carbonyl (C=O) groups excluding carboxylic acids is 4. The second kappa shape index (κ2) is 43.0. The minimum atomic E-state index is -4.51. The summed E-state index contributed by atoms with van der Waals surface area (Å²) >= 11 is 11.8. The SMILES string of the molecule is Cc1cc(-c2ncn(/C=C(/C(=O)O)c3ccncc3)n2)cc(C(F)(F)F)c1.Cc1cc(-c2ncn(/C=C(/C(N)=O)c3cncc(F)c3)n2)cc(C(F)(F)F)c1.Cc1cc(C)cc(-c2ncn(/C=C(/C(=O)OC(C)C)c3ccncc3)n2)c1.Cc1cc(C)cc(-c2ncn(/C=C(/C(N)=O)c3ccc(Cl)nc3)n2)c1.Cc1cc(C)cc(-c2ncn(/C=C(/C(N)=O)c3cccnc3Cl)n2)c1. The first-order chi connectivity index (χ1) is 62.6. The number of aromatic nitrogens is 20. The summed E-state index contributed by atoms with van der Waals surface area (Å²) in [5, 5.41) is 31.4. The lowest BCUT2D eigenvalue weighted by atomic mass is 10.1. The fraction of sp³-hybridized carbons (Fsp3) is 0.140. The Morgan fingerprint density at radius 3 is 1.05 bits per heavy atom. The van der Waals surface area contributed by atoms with Crippen LogP contribution in [0.2, 0.25) is 10.3 Å². The molecule has 132 heavy (non-hydrogen) atoms. The Morgan fingerprint density at radius 2 is 0.720 bits per heavy atom. The lowest BCUT2D eigenvalue weighted by Crippen LogP contribution is -2.14. The fourth-order valence-corrected chi connectivity index (χ4v) is 13.2. The second-order valence-electron chi connectivity index (χ2n) is 29.7. The number of carboxylic acids is 1. The van der Waals surface area contributed by atoms with Gasteiger partial charge in [-0.2, -0.15) is 26.3 Å². The summed E-state index contributed by atoms with van der Waals surface area (Å²) < 4.78 is 103. The average molecular weight is 1840 g/mol. The Bertz CT molecular complexity index is 6840. The van der Waals surface area contributed by atoms with Crippen molar-refractivity contribution in [2.45, 2.75) is 87.7 Å². The van der Waals surface area contributed by atoms with Gasteiger partial charge in [-0.3, -0.25) is 29.3 Å². The molecule has 0 aliphatic rings. The quantitative estimate of drug-likeness (QED) is 0.0225. The number of esters is 1. The molecule has 0 saturated heterocycles. The number of hydrogen-bond donors (Lipinski definition) is 4. The molecule has 0 spiro atoms. The number of nitrogens with zero attached hydrogens (tertiary/aromatic N) is 20. The maximum absolute atomic E-state index is 13.4. The molecule has 0 atom stereocenters. The molecule has 15 rings (SSSR count). The number of aliphatic carboxylic acids is 1. The Balaban J connectivity index is 0.000000159. The normalized spacial score (nSPS) is 11.9. The molecule has 0 radical (unpaired) electrons. The summed E-state index contributed by atoms with van der Waals surface area (Å²) in [6.45, 7) is 18.8. The number of amides is 3. The van der Waals surface area contributed by atoms with Crippen molar-refractivity contribution >= 4 is 112 Å². The number of ether oxygens (including phenoxy) is 1. The molecule has 672 valence electrons. The van der Waals surface area contributed by atoms with Crippen LogP contribution in [0.5, 0.6) is 0 Å². The molecule has 0 fully saturated rings. The van der Waals surface area contributed by atoms with Gasteiger partial charge in [0.15, 0.2) is 29.1 Å². The van der Waals surface area contributed by atoms with Gasteiger partial charge < -0.3 is 27.0 Å². The van der Waals surface area contributed by atoms with Gasteiger partial charge in [-0.05, 0) is 219 Å². The smallest absolute Gasteiger partial charge is 0.416 e. The van der Waals surface area contributed by atoms with Crippen LogP contribution in [0.1, 0.15) is 97.3 Å². The average Bonchev–Trinajstić information content (AvgIpc) is 1.58. The van der Waals surface area contributed by atoms with Crippen molar-refractivity contribution < 1.29 is 64.5 Å². The predicted molar refractivity (Wildman–Crippen MR) is 484 cm³/mol. The third-order valence-electron chi connectivity index (χ3n) is 18.3. The molecule has 10 aromatic heterocycles. The number of aryl methyl sites for hydroxylation is 8. The van der Waals surface area contributed by atoms with Crippen LogP contribution in [0, 0.1) is 61.2 Å². The van der Waals surface area contributed by atoms with E-state index in [0.717, 1.165) is 96.0 Å². The van der Waals surface area contributed by atoms with E-state index in [1.807, 2.05) is 91.8 Å². The highest BCUT2D eigenvalue weighted by molar-refractivity contribution is 6.34. The maximum Gasteiger partial charge on any atom is 0.416 e. The van der Waals surface area contributed by atoms with E-state index < -0.39 is 59.0 Å². The molecule has 0 bridgehead atoms. The van der Waals surface area contributed by atoms with Crippen molar-refractivity contribution in [3.8, 4) is 56.9 Å². The minimum Gasteiger partial charge on any atom is -0.478 e. The monoisotopic (exact) mass is 1830 g/mol. The molecule has 5 aromatic carbocycles. The highest BCUT2D eigenvalue weighted by Gasteiger charge is 2.33. The first-order valence-corrected chi connectivity index (χ1v) is 40.2. The van der Waals surface area contributed by atoms with Crippen molar-refractivity contribution in [1.29, 1.82) is 0 Å². The van der Waals surface area contributed by atoms with E-state index in [1.54, 1.807) is 68.2 Å². The van der Waals surface area contributed by atoms with Crippen LogP contribution in [0.3, 0.4) is 0 Å². The number of benzene rings is 5. The van der Waals surface area contributed by atoms with Crippen molar-refractivity contribution in [3.63, 3.8) is 0 Å². The highest BCUT2D eigenvalue weighted by atomic mass is 35.5. The van der Waals surface area contributed by atoms with Gasteiger partial charge in [0, 0.05) is 119 Å². The van der Waals surface area contributed by atoms with Gasteiger partial charge in [-0.15, -0.1) is 25.5 Å². The van der Waals surface area contributed by atoms with Gasteiger partial charge in [0.25, 0.3) is 17.7 Å². The zero-order chi connectivity index (χ0) is 95.4. The Hall–Kier alpha value is -16.3. The molecule has 10 heterocycles. The topological polar surface area (TPSA) is 411 Å². The molecule has 15 aromatic rings. The van der Waals surface area contributed by atoms with Crippen molar-refractivity contribution in [2.24, 2.45) is 17.2 Å². The van der Waals surface area contributed by atoms with E-state index in [4.69, 9.17) is 45.1 Å². The second-order valence-corrected chi connectivity index (χ2v) is 30.4. The van der Waals surface area contributed by atoms with Gasteiger partial charge in [0.1, 0.15) is 47.8 Å². The number of pyridine rings is 5. The number of carbonyl (C=O) groups is 5. The van der Waals surface area contributed by atoms with Crippen LogP contribution in [0.4, 0.5) is 30.7 Å². The van der Waals surface area contributed by atoms with Crippen LogP contribution < -0.4 is 17.2 Å². The molecule has 3 amide bonds. The van der Waals surface area contributed by atoms with E-state index in [-0.39, 0.29) is 61.9 Å². The minimum absolute atomic E-state index is 0.0200. The third kappa shape index (κ3) is 26.9. The van der Waals surface area contributed by atoms with Crippen LogP contribution >= 0.6 is 23.2 Å². The summed E-state index contributed by atoms with van der Waals surface area (Å²) in [4.78, 5) is 99.7. The zero-order valence-electron chi connectivity index (χ0n) is 71.8. The van der Waals surface area contributed by atoms with Crippen molar-refractivity contribution in [3.05, 3.63) is 326 Å². The molecular formula is C93H80Cl2F7N23O7. The number of alkyl halides is 6. The number of primary amides is 3. The van der Waals surface area contributed by atoms with Crippen LogP contribution in [-0.4, -0.2) is 140 Å². The number of carboxylic acid groups (broad SMARTS) is 1. The standard InChI is InChI=1S/C21H22N4O2.2C18H16ClN5O.C18H13F4N5O.C18H13F3N4O2/c1-14(2)27-21(26)19(17-5-7-22-8-6-17)12-25-13-23-20(24-25)18-10-15(3)9-16(4)11-18;1-11-5-12(2)7-14(6-11)18-22-10-24(23-18)9-15(17(20)25)13-3-4-16(19)21-8-13;1-11-6-12(2)8-13(7-11)18-22-10-24(23-18)9-15(17(20)25)14-4-3-5-21-16(14)19;1-10-2-11(4-13(3-10)18(20,21)22)17-25-9-27(26-17)8-15(16(23)28)12-5-14(19)7-24-6-12;1-11-6-13(8-14(7-11)18(19,20)21)16-23-10-25(24-16)9-15(17(26)27)12-2-4-22-5-3-12/h5-14H,1-4H3;2*3-10H,1-2H3,(H2,20,25);2-9H,1H3,(H2,23,28);2-10H,1H3,(H,26,27)/b19-12+;2*15-9+;15-8+;15-9+. The highest BCUT2D eigenvalue weighted by Crippen LogP contribution is 2.36. The largest absolute Gasteiger partial charge is 0.478 e. The first-order valence-electron chi connectivity index (χ1n) is 39.4. The van der Waals surface area contributed by atoms with Gasteiger partial charge in [-0.25, -0.2) is 72.3 Å². The van der Waals surface area contributed by atoms with Crippen LogP contribution in [0.15, 0.2) is 227 Å². The first kappa shape index (κ1) is 96.3. The zero-order valence-corrected chi connectivity index (χ0v) is 73.3. The summed E-state index contributed by atoms with van der Waals surface area (Å²) in [5.74, 6) is -2.54. The van der Waals surface area contributed by atoms with Crippen molar-refractivity contribution in [1.82, 2.24) is 98.7 Å². The molecular weight excluding hydrogens is 1760 g/mol. The molecule has 39 heteroatoms. The Kier molecular flexibility index (Phi) is 31.4. The van der Waals surface area contributed by atoms with E-state index in [1.165, 1.54) is 126 Å². The lowest BCUT2D eigenvalue weighted by Gasteiger charge is -2.11. The van der Waals surface area contributed by atoms with Gasteiger partial charge in [0.2, 0.25) is 0 Å². The summed E-state index contributed by atoms with van der Waals surface area (Å²) in [7, 11) is 0. The molecule has 0 unspecified atom stereocenters. The summed E-state index contributed by atoms with van der Waals surface area (Å²) in [6.07, 6.45) is 16.3. The van der Waals surface area contributed by atoms with Gasteiger partial charge in [-0.1, -0.05) is 74.8 Å². The lowest BCUT2D eigenvalue weighted by molar-refractivity contribution is -0.140. The fourth-order valence-electron chi connectivity index (χ4n) is 12.8. The number of nitrogens with two attached hydrogens (primary N) is 3. The molecule has 0 aliphatic heterocycles. The van der Waals surface area contributed by atoms with Crippen LogP contribution in [-0.2, 0) is 41.1 Å². The van der Waals surface area contributed by atoms with Crippen molar-refractivity contribution in [2.75, 3.05) is 0 Å². The number of hydrogen-bond acceptors (Lipinski definition) is 21. The van der Waals surface area contributed by atoms with E-state index in [2.05, 4.69) is 93.5 Å². The third-order valence-corrected chi connectivity index (χ3v) is 18.8. The number of rotatable bonds is 21. The van der Waals surface area contributed by atoms with E-state index in [0.29, 0.717) is 61.6 Å². The predicted octanol–water partition coefficient (Wildman–Crippen LogP) is 17.1. The van der Waals surface area contributed by atoms with Gasteiger partial charge >= 0.3 is 24.3 Å². The summed E-state index contributed by atoms with van der Waals surface area (Å²) in [5.41, 5.74) is 28.3. The Labute approximate surface area is 759 Å². The van der Waals surface area contributed by atoms with Gasteiger partial charge in [0.05, 0.1) is 51.3 Å². The molecule has 0 aliphatic carbocycles. The Morgan fingerprint density at radius 1 is 0.379 bits per heavy atom. The molecule has 30 nitrogen and oxygen atoms in total. The molecule has 7 N–H and O–H groups in total. The molecule has 0 saturated carbocycles.